The molecule has 2 aromatic rings. The number of nitrogens with zero attached hydrogens (tertiary/aromatic N) is 1. The summed E-state index contributed by atoms with van der Waals surface area (Å²) in [5.74, 6) is 2.22. The van der Waals surface area contributed by atoms with Crippen LogP contribution in [-0.2, 0) is 22.8 Å². The third-order valence-corrected chi connectivity index (χ3v) is 6.04. The van der Waals surface area contributed by atoms with Crippen LogP contribution in [0.2, 0.25) is 0 Å². The third kappa shape index (κ3) is 7.47. The first-order valence-corrected chi connectivity index (χ1v) is 12.2. The van der Waals surface area contributed by atoms with E-state index >= 15 is 0 Å². The van der Waals surface area contributed by atoms with Gasteiger partial charge in [-0.05, 0) is 61.6 Å². The molecule has 0 heterocycles. The number of benzene rings is 2. The molecule has 0 unspecified atom stereocenters. The first kappa shape index (κ1) is 24.5. The van der Waals surface area contributed by atoms with Crippen LogP contribution < -0.4 is 20.1 Å². The fraction of sp³-hybridized carbons (Fsp3) is 0.435. The summed E-state index contributed by atoms with van der Waals surface area (Å²) in [5.41, 5.74) is 2.93. The van der Waals surface area contributed by atoms with E-state index in [1.54, 1.807) is 20.2 Å². The van der Waals surface area contributed by atoms with Crippen LogP contribution in [0.5, 0.6) is 11.5 Å². The minimum Gasteiger partial charge on any atom is -0.493 e. The van der Waals surface area contributed by atoms with E-state index in [4.69, 9.17) is 9.47 Å². The highest BCUT2D eigenvalue weighted by Crippen LogP contribution is 2.28. The lowest BCUT2D eigenvalue weighted by atomic mass is 10.1. The molecule has 0 aliphatic heterocycles. The first-order valence-electron chi connectivity index (χ1n) is 10.3. The van der Waals surface area contributed by atoms with Gasteiger partial charge in [-0.25, -0.2) is 8.42 Å². The molecule has 8 heteroatoms. The Labute approximate surface area is 185 Å². The minimum atomic E-state index is -3.21. The number of methoxy groups -OCH3 is 1. The second kappa shape index (κ2) is 11.6. The van der Waals surface area contributed by atoms with Gasteiger partial charge in [0.1, 0.15) is 0 Å². The zero-order chi connectivity index (χ0) is 22.9. The van der Waals surface area contributed by atoms with Crippen molar-refractivity contribution < 1.29 is 17.9 Å². The van der Waals surface area contributed by atoms with E-state index < -0.39 is 9.84 Å². The molecule has 0 amide bonds. The molecule has 31 heavy (non-hydrogen) atoms. The lowest BCUT2D eigenvalue weighted by Crippen LogP contribution is -2.37. The molecule has 0 radical (unpaired) electrons. The molecule has 2 rings (SSSR count). The van der Waals surface area contributed by atoms with Gasteiger partial charge in [0, 0.05) is 26.4 Å². The molecule has 0 spiro atoms. The van der Waals surface area contributed by atoms with Crippen LogP contribution in [0, 0.1) is 6.92 Å². The average molecular weight is 448 g/mol. The molecular formula is C23H33N3O4S. The van der Waals surface area contributed by atoms with Crippen molar-refractivity contribution in [1.82, 2.24) is 10.6 Å². The van der Waals surface area contributed by atoms with E-state index in [0.29, 0.717) is 24.0 Å². The SMILES string of the molecule is CCOc1cc(CCCNC(=NC)NCc2ccc(S(C)(=O)=O)c(C)c2)ccc1OC. The summed E-state index contributed by atoms with van der Waals surface area (Å²) < 4.78 is 34.5. The van der Waals surface area contributed by atoms with Gasteiger partial charge in [0.05, 0.1) is 18.6 Å². The first-order chi connectivity index (χ1) is 14.8. The van der Waals surface area contributed by atoms with Crippen molar-refractivity contribution in [1.29, 1.82) is 0 Å². The Hall–Kier alpha value is -2.74. The van der Waals surface area contributed by atoms with Crippen LogP contribution in [0.1, 0.15) is 30.0 Å². The summed E-state index contributed by atoms with van der Waals surface area (Å²) in [5, 5.41) is 6.57. The molecule has 0 aliphatic carbocycles. The van der Waals surface area contributed by atoms with E-state index in [1.165, 1.54) is 11.8 Å². The fourth-order valence-corrected chi connectivity index (χ4v) is 4.25. The Balaban J connectivity index is 1.83. The van der Waals surface area contributed by atoms with Crippen LogP contribution in [-0.4, -0.2) is 47.9 Å². The van der Waals surface area contributed by atoms with Gasteiger partial charge in [0.15, 0.2) is 27.3 Å². The second-order valence-corrected chi connectivity index (χ2v) is 9.23. The monoisotopic (exact) mass is 447 g/mol. The Morgan fingerprint density at radius 3 is 2.42 bits per heavy atom. The summed E-state index contributed by atoms with van der Waals surface area (Å²) in [6.45, 7) is 5.68. The predicted octanol–water partition coefficient (Wildman–Crippen LogP) is 3.10. The molecule has 2 N–H and O–H groups in total. The van der Waals surface area contributed by atoms with E-state index in [0.717, 1.165) is 42.0 Å². The zero-order valence-electron chi connectivity index (χ0n) is 19.0. The number of rotatable bonds is 10. The molecule has 0 aliphatic rings. The average Bonchev–Trinajstić information content (AvgIpc) is 2.73. The summed E-state index contributed by atoms with van der Waals surface area (Å²) in [7, 11) is 0.162. The van der Waals surface area contributed by atoms with Crippen LogP contribution in [0.25, 0.3) is 0 Å². The van der Waals surface area contributed by atoms with E-state index in [-0.39, 0.29) is 0 Å². The van der Waals surface area contributed by atoms with E-state index in [1.807, 2.05) is 38.1 Å². The minimum absolute atomic E-state index is 0.366. The number of hydrogen-bond donors (Lipinski definition) is 2. The van der Waals surface area contributed by atoms with Crippen molar-refractivity contribution in [2.75, 3.05) is 33.6 Å². The molecule has 0 saturated carbocycles. The maximum absolute atomic E-state index is 11.8. The molecule has 0 aromatic heterocycles. The zero-order valence-corrected chi connectivity index (χ0v) is 19.8. The van der Waals surface area contributed by atoms with Gasteiger partial charge in [-0.15, -0.1) is 0 Å². The molecule has 0 bridgehead atoms. The van der Waals surface area contributed by atoms with Gasteiger partial charge in [-0.1, -0.05) is 18.2 Å². The molecule has 0 atom stereocenters. The van der Waals surface area contributed by atoms with Crippen molar-refractivity contribution >= 4 is 15.8 Å². The third-order valence-electron chi connectivity index (χ3n) is 4.78. The Morgan fingerprint density at radius 1 is 1.06 bits per heavy atom. The number of ether oxygens (including phenoxy) is 2. The molecular weight excluding hydrogens is 414 g/mol. The number of hydrogen-bond acceptors (Lipinski definition) is 5. The number of aryl methyl sites for hydroxylation is 2. The maximum atomic E-state index is 11.8. The molecule has 170 valence electrons. The van der Waals surface area contributed by atoms with Crippen molar-refractivity contribution in [2.45, 2.75) is 38.1 Å². The highest BCUT2D eigenvalue weighted by atomic mass is 32.2. The van der Waals surface area contributed by atoms with Crippen LogP contribution in [0.4, 0.5) is 0 Å². The lowest BCUT2D eigenvalue weighted by molar-refractivity contribution is 0.310. The van der Waals surface area contributed by atoms with Gasteiger partial charge in [-0.3, -0.25) is 4.99 Å². The van der Waals surface area contributed by atoms with Gasteiger partial charge >= 0.3 is 0 Å². The number of nitrogens with one attached hydrogen (secondary N) is 2. The normalized spacial score (nSPS) is 11.8. The van der Waals surface area contributed by atoms with Gasteiger partial charge in [-0.2, -0.15) is 0 Å². The summed E-state index contributed by atoms with van der Waals surface area (Å²) in [6.07, 6.45) is 3.06. The fourth-order valence-electron chi connectivity index (χ4n) is 3.29. The molecule has 7 nitrogen and oxygen atoms in total. The standard InChI is InChI=1S/C23H33N3O4S/c1-6-30-21-15-18(9-11-20(21)29-4)8-7-13-25-23(24-3)26-16-19-10-12-22(17(2)14-19)31(5,27)28/h9-12,14-15H,6-8,13,16H2,1-5H3,(H2,24,25,26). The van der Waals surface area contributed by atoms with Gasteiger partial charge < -0.3 is 20.1 Å². The molecule has 0 fully saturated rings. The summed E-state index contributed by atoms with van der Waals surface area (Å²) in [6, 6.07) is 11.4. The van der Waals surface area contributed by atoms with E-state index in [2.05, 4.69) is 21.7 Å². The summed E-state index contributed by atoms with van der Waals surface area (Å²) >= 11 is 0. The smallest absolute Gasteiger partial charge is 0.191 e. The van der Waals surface area contributed by atoms with Gasteiger partial charge in [0.25, 0.3) is 0 Å². The van der Waals surface area contributed by atoms with Crippen LogP contribution in [0.3, 0.4) is 0 Å². The van der Waals surface area contributed by atoms with Crippen LogP contribution >= 0.6 is 0 Å². The highest BCUT2D eigenvalue weighted by Gasteiger charge is 2.11. The number of guanidine groups is 1. The maximum Gasteiger partial charge on any atom is 0.191 e. The lowest BCUT2D eigenvalue weighted by Gasteiger charge is -2.14. The van der Waals surface area contributed by atoms with Crippen molar-refractivity contribution in [3.05, 3.63) is 53.1 Å². The molecule has 0 saturated heterocycles. The van der Waals surface area contributed by atoms with Crippen LogP contribution in [0.15, 0.2) is 46.3 Å². The Kier molecular flexibility index (Phi) is 9.18. The number of sulfone groups is 1. The molecule has 2 aromatic carbocycles. The van der Waals surface area contributed by atoms with Crippen molar-refractivity contribution in [2.24, 2.45) is 4.99 Å². The summed E-state index contributed by atoms with van der Waals surface area (Å²) in [4.78, 5) is 4.62. The topological polar surface area (TPSA) is 89.0 Å². The Bertz CT molecular complexity index is 1000. The van der Waals surface area contributed by atoms with Crippen molar-refractivity contribution in [3.8, 4) is 11.5 Å². The van der Waals surface area contributed by atoms with Crippen molar-refractivity contribution in [3.63, 3.8) is 0 Å². The second-order valence-electron chi connectivity index (χ2n) is 7.25. The van der Waals surface area contributed by atoms with Gasteiger partial charge in [0.2, 0.25) is 0 Å². The van der Waals surface area contributed by atoms with E-state index in [9.17, 15) is 8.42 Å². The predicted molar refractivity (Wildman–Crippen MR) is 125 cm³/mol. The Morgan fingerprint density at radius 2 is 1.81 bits per heavy atom. The highest BCUT2D eigenvalue weighted by molar-refractivity contribution is 7.90. The quantitative estimate of drug-likeness (QED) is 0.331. The number of aliphatic imine (C=N–C) groups is 1. The largest absolute Gasteiger partial charge is 0.493 e.